The molecule has 0 aliphatic heterocycles. The van der Waals surface area contributed by atoms with Crippen LogP contribution in [0.3, 0.4) is 0 Å². The van der Waals surface area contributed by atoms with E-state index < -0.39 is 5.41 Å². The number of hydrogen-bond donors (Lipinski definition) is 3. The monoisotopic (exact) mass is 397 g/mol. The second kappa shape index (κ2) is 8.48. The molecule has 146 valence electrons. The van der Waals surface area contributed by atoms with Crippen molar-refractivity contribution in [2.24, 2.45) is 5.41 Å². The van der Waals surface area contributed by atoms with Crippen LogP contribution in [-0.4, -0.2) is 23.3 Å². The Labute approximate surface area is 169 Å². The number of amides is 2. The first-order valence-electron chi connectivity index (χ1n) is 9.24. The molecule has 2 amide bonds. The molecule has 0 saturated heterocycles. The molecule has 2 aromatic carbocycles. The Kier molecular flexibility index (Phi) is 6.05. The summed E-state index contributed by atoms with van der Waals surface area (Å²) in [6, 6.07) is 15.3. The molecule has 0 fully saturated rings. The van der Waals surface area contributed by atoms with Gasteiger partial charge in [-0.2, -0.15) is 0 Å². The van der Waals surface area contributed by atoms with Crippen LogP contribution in [0.1, 0.15) is 25.0 Å². The summed E-state index contributed by atoms with van der Waals surface area (Å²) in [6.45, 7) is 4.08. The maximum atomic E-state index is 12.6. The van der Waals surface area contributed by atoms with E-state index in [1.54, 1.807) is 26.0 Å². The van der Waals surface area contributed by atoms with Crippen LogP contribution in [0.15, 0.2) is 54.7 Å². The third kappa shape index (κ3) is 4.54. The summed E-state index contributed by atoms with van der Waals surface area (Å²) in [6.07, 6.45) is 2.65. The van der Waals surface area contributed by atoms with Crippen LogP contribution >= 0.6 is 11.6 Å². The number of hydrogen-bond acceptors (Lipinski definition) is 2. The van der Waals surface area contributed by atoms with Crippen LogP contribution in [0, 0.1) is 5.41 Å². The van der Waals surface area contributed by atoms with Gasteiger partial charge in [-0.15, -0.1) is 0 Å². The predicted molar refractivity (Wildman–Crippen MR) is 112 cm³/mol. The Bertz CT molecular complexity index is 977. The Balaban J connectivity index is 1.51. The average Bonchev–Trinajstić information content (AvgIpc) is 3.10. The van der Waals surface area contributed by atoms with E-state index in [2.05, 4.69) is 21.7 Å². The Morgan fingerprint density at radius 1 is 1.00 bits per heavy atom. The zero-order chi connectivity index (χ0) is 20.1. The van der Waals surface area contributed by atoms with E-state index in [4.69, 9.17) is 11.6 Å². The minimum absolute atomic E-state index is 0.291. The van der Waals surface area contributed by atoms with Crippen LogP contribution in [0.2, 0.25) is 5.02 Å². The second-order valence-electron chi connectivity index (χ2n) is 7.30. The van der Waals surface area contributed by atoms with Gasteiger partial charge in [0.05, 0.1) is 0 Å². The van der Waals surface area contributed by atoms with Gasteiger partial charge in [-0.25, -0.2) is 0 Å². The highest BCUT2D eigenvalue weighted by Gasteiger charge is 2.35. The number of fused-ring (bicyclic) bond motifs is 1. The lowest BCUT2D eigenvalue weighted by molar-refractivity contribution is -0.141. The van der Waals surface area contributed by atoms with Crippen molar-refractivity contribution in [2.45, 2.75) is 26.8 Å². The number of halogens is 1. The summed E-state index contributed by atoms with van der Waals surface area (Å²) in [5.74, 6) is -0.604. The molecule has 3 aromatic rings. The number of carbonyl (C=O) groups is 2. The van der Waals surface area contributed by atoms with Gasteiger partial charge in [0.15, 0.2) is 0 Å². The molecule has 0 unspecified atom stereocenters. The second-order valence-corrected chi connectivity index (χ2v) is 7.74. The summed E-state index contributed by atoms with van der Waals surface area (Å²) in [5.41, 5.74) is 1.98. The number of aromatic amines is 1. The predicted octanol–water partition coefficient (Wildman–Crippen LogP) is 3.82. The molecular formula is C22H24ClN3O2. The molecule has 0 bridgehead atoms. The maximum Gasteiger partial charge on any atom is 0.235 e. The molecule has 0 aliphatic carbocycles. The summed E-state index contributed by atoms with van der Waals surface area (Å²) in [5, 5.41) is 7.49. The number of rotatable bonds is 7. The first-order valence-corrected chi connectivity index (χ1v) is 9.62. The van der Waals surface area contributed by atoms with Crippen molar-refractivity contribution in [1.82, 2.24) is 15.6 Å². The number of nitrogens with one attached hydrogen (secondary N) is 3. The summed E-state index contributed by atoms with van der Waals surface area (Å²) >= 11 is 5.86. The minimum atomic E-state index is -1.16. The van der Waals surface area contributed by atoms with Crippen LogP contribution < -0.4 is 10.6 Å². The van der Waals surface area contributed by atoms with Gasteiger partial charge in [0.1, 0.15) is 5.41 Å². The number of aromatic nitrogens is 1. The molecule has 0 atom stereocenters. The Morgan fingerprint density at radius 3 is 2.43 bits per heavy atom. The van der Waals surface area contributed by atoms with Gasteiger partial charge in [0, 0.05) is 35.2 Å². The topological polar surface area (TPSA) is 74.0 Å². The highest BCUT2D eigenvalue weighted by molar-refractivity contribution is 6.30. The third-order valence-electron chi connectivity index (χ3n) is 4.86. The molecule has 28 heavy (non-hydrogen) atoms. The van der Waals surface area contributed by atoms with E-state index in [1.807, 2.05) is 36.5 Å². The van der Waals surface area contributed by atoms with Crippen molar-refractivity contribution in [1.29, 1.82) is 0 Å². The van der Waals surface area contributed by atoms with Crippen molar-refractivity contribution in [3.05, 3.63) is 70.9 Å². The van der Waals surface area contributed by atoms with Crippen molar-refractivity contribution in [3.8, 4) is 0 Å². The van der Waals surface area contributed by atoms with E-state index in [9.17, 15) is 9.59 Å². The van der Waals surface area contributed by atoms with Gasteiger partial charge in [-0.1, -0.05) is 41.9 Å². The molecular weight excluding hydrogens is 374 g/mol. The van der Waals surface area contributed by atoms with Crippen LogP contribution in [-0.2, 0) is 22.6 Å². The minimum Gasteiger partial charge on any atom is -0.361 e. The fourth-order valence-electron chi connectivity index (χ4n) is 2.98. The normalized spacial score (nSPS) is 11.4. The van der Waals surface area contributed by atoms with E-state index in [0.717, 1.165) is 22.0 Å². The van der Waals surface area contributed by atoms with Crippen LogP contribution in [0.25, 0.3) is 10.9 Å². The molecule has 6 heteroatoms. The lowest BCUT2D eigenvalue weighted by Crippen LogP contribution is -2.48. The van der Waals surface area contributed by atoms with E-state index in [1.165, 1.54) is 0 Å². The molecule has 0 aliphatic rings. The molecule has 3 N–H and O–H groups in total. The highest BCUT2D eigenvalue weighted by atomic mass is 35.5. The summed E-state index contributed by atoms with van der Waals surface area (Å²) in [7, 11) is 0. The lowest BCUT2D eigenvalue weighted by atomic mass is 9.91. The Morgan fingerprint density at radius 2 is 1.68 bits per heavy atom. The standard InChI is InChI=1S/C22H24ClN3O2/c1-22(2,21(28)26-13-15-7-9-17(23)10-8-15)20(27)24-12-11-16-14-25-19-6-4-3-5-18(16)19/h3-10,14,25H,11-13H2,1-2H3,(H,24,27)(H,26,28). The molecule has 0 saturated carbocycles. The maximum absolute atomic E-state index is 12.6. The van der Waals surface area contributed by atoms with Gasteiger partial charge in [-0.05, 0) is 49.6 Å². The third-order valence-corrected chi connectivity index (χ3v) is 5.11. The smallest absolute Gasteiger partial charge is 0.235 e. The number of para-hydroxylation sites is 1. The number of benzene rings is 2. The Hall–Kier alpha value is -2.79. The molecule has 5 nitrogen and oxygen atoms in total. The van der Waals surface area contributed by atoms with E-state index >= 15 is 0 Å². The molecule has 0 spiro atoms. The fourth-order valence-corrected chi connectivity index (χ4v) is 3.10. The quantitative estimate of drug-likeness (QED) is 0.530. The molecule has 1 heterocycles. The van der Waals surface area contributed by atoms with Crippen molar-refractivity contribution in [2.75, 3.05) is 6.54 Å². The fraction of sp³-hybridized carbons (Fsp3) is 0.273. The lowest BCUT2D eigenvalue weighted by Gasteiger charge is -2.22. The van der Waals surface area contributed by atoms with Gasteiger partial charge in [0.25, 0.3) is 0 Å². The SMILES string of the molecule is CC(C)(C(=O)NCCc1c[nH]c2ccccc12)C(=O)NCc1ccc(Cl)cc1. The largest absolute Gasteiger partial charge is 0.361 e. The van der Waals surface area contributed by atoms with Crippen molar-refractivity contribution in [3.63, 3.8) is 0 Å². The van der Waals surface area contributed by atoms with Crippen molar-refractivity contribution < 1.29 is 9.59 Å². The number of carbonyl (C=O) groups excluding carboxylic acids is 2. The average molecular weight is 398 g/mol. The van der Waals surface area contributed by atoms with Gasteiger partial charge >= 0.3 is 0 Å². The summed E-state index contributed by atoms with van der Waals surface area (Å²) in [4.78, 5) is 28.3. The molecule has 0 radical (unpaired) electrons. The van der Waals surface area contributed by atoms with Crippen molar-refractivity contribution >= 4 is 34.3 Å². The first-order chi connectivity index (χ1) is 13.4. The molecule has 3 rings (SSSR count). The van der Waals surface area contributed by atoms with Crippen LogP contribution in [0.4, 0.5) is 0 Å². The first kappa shape index (κ1) is 20.0. The molecule has 1 aromatic heterocycles. The van der Waals surface area contributed by atoms with Gasteiger partial charge < -0.3 is 15.6 Å². The van der Waals surface area contributed by atoms with E-state index in [0.29, 0.717) is 24.5 Å². The van der Waals surface area contributed by atoms with Gasteiger partial charge in [0.2, 0.25) is 11.8 Å². The van der Waals surface area contributed by atoms with Crippen LogP contribution in [0.5, 0.6) is 0 Å². The summed E-state index contributed by atoms with van der Waals surface area (Å²) < 4.78 is 0. The van der Waals surface area contributed by atoms with E-state index in [-0.39, 0.29) is 11.8 Å². The zero-order valence-corrected chi connectivity index (χ0v) is 16.8. The number of H-pyrrole nitrogens is 1. The zero-order valence-electron chi connectivity index (χ0n) is 16.0. The van der Waals surface area contributed by atoms with Gasteiger partial charge in [-0.3, -0.25) is 9.59 Å². The highest BCUT2D eigenvalue weighted by Crippen LogP contribution is 2.19.